The second-order valence-electron chi connectivity index (χ2n) is 8.89. The SMILES string of the molecule is CC(CC(=O)[O-])CC(C)(C)C.CC(CC(=O)[O-])CC(C)(C)C.[Mn+2]. The molecule has 23 heavy (non-hydrogen) atoms. The van der Waals surface area contributed by atoms with Crippen molar-refractivity contribution in [3.63, 3.8) is 0 Å². The van der Waals surface area contributed by atoms with Crippen LogP contribution in [0.4, 0.5) is 0 Å². The van der Waals surface area contributed by atoms with Crippen molar-refractivity contribution in [1.29, 1.82) is 0 Å². The Morgan fingerprint density at radius 2 is 0.957 bits per heavy atom. The van der Waals surface area contributed by atoms with Crippen LogP contribution in [0.1, 0.15) is 81.1 Å². The fraction of sp³-hybridized carbons (Fsp3) is 0.889. The van der Waals surface area contributed by atoms with Gasteiger partial charge in [-0.2, -0.15) is 0 Å². The van der Waals surface area contributed by atoms with Gasteiger partial charge in [-0.25, -0.2) is 0 Å². The fourth-order valence-electron chi connectivity index (χ4n) is 2.80. The van der Waals surface area contributed by atoms with Crippen LogP contribution in [0.3, 0.4) is 0 Å². The van der Waals surface area contributed by atoms with Crippen LogP contribution >= 0.6 is 0 Å². The molecular formula is C18H34MnO4. The van der Waals surface area contributed by atoms with Crippen LogP contribution in [0.15, 0.2) is 0 Å². The molecule has 2 unspecified atom stereocenters. The molecule has 0 spiro atoms. The minimum absolute atomic E-state index is 0. The molecule has 137 valence electrons. The van der Waals surface area contributed by atoms with E-state index >= 15 is 0 Å². The third-order valence-corrected chi connectivity index (χ3v) is 2.95. The van der Waals surface area contributed by atoms with Crippen LogP contribution < -0.4 is 10.2 Å². The number of hydrogen-bond acceptors (Lipinski definition) is 4. The molecule has 5 heteroatoms. The molecule has 0 bridgehead atoms. The van der Waals surface area contributed by atoms with E-state index in [0.29, 0.717) is 0 Å². The zero-order valence-electron chi connectivity index (χ0n) is 16.0. The summed E-state index contributed by atoms with van der Waals surface area (Å²) in [4.78, 5) is 20.4. The molecule has 0 rings (SSSR count). The van der Waals surface area contributed by atoms with E-state index in [0.717, 1.165) is 12.8 Å². The summed E-state index contributed by atoms with van der Waals surface area (Å²) in [6.45, 7) is 16.6. The molecule has 4 nitrogen and oxygen atoms in total. The standard InChI is InChI=1S/2C9H18O2.Mn/c2*1-7(5-8(10)11)6-9(2,3)4;/h2*7H,5-6H2,1-4H3,(H,10,11);/q;;+2/p-2. The zero-order chi connectivity index (χ0) is 18.1. The summed E-state index contributed by atoms with van der Waals surface area (Å²) < 4.78 is 0. The van der Waals surface area contributed by atoms with Crippen molar-refractivity contribution >= 4 is 11.9 Å². The summed E-state index contributed by atoms with van der Waals surface area (Å²) in [6, 6.07) is 0. The first kappa shape index (κ1) is 27.3. The van der Waals surface area contributed by atoms with Crippen molar-refractivity contribution < 1.29 is 36.9 Å². The van der Waals surface area contributed by atoms with E-state index in [2.05, 4.69) is 41.5 Å². The maximum absolute atomic E-state index is 10.2. The monoisotopic (exact) mass is 369 g/mol. The Morgan fingerprint density at radius 1 is 0.739 bits per heavy atom. The minimum atomic E-state index is -0.943. The van der Waals surface area contributed by atoms with Gasteiger partial charge in [-0.05, 0) is 48.3 Å². The van der Waals surface area contributed by atoms with E-state index in [1.165, 1.54) is 0 Å². The molecule has 0 fully saturated rings. The zero-order valence-corrected chi connectivity index (χ0v) is 17.2. The smallest absolute Gasteiger partial charge is 0.550 e. The first-order chi connectivity index (χ1) is 9.62. The summed E-state index contributed by atoms with van der Waals surface area (Å²) in [5, 5.41) is 20.4. The summed E-state index contributed by atoms with van der Waals surface area (Å²) in [5.74, 6) is -1.44. The van der Waals surface area contributed by atoms with E-state index in [4.69, 9.17) is 0 Å². The van der Waals surface area contributed by atoms with Crippen LogP contribution in [0.2, 0.25) is 0 Å². The van der Waals surface area contributed by atoms with Crippen molar-refractivity contribution in [1.82, 2.24) is 0 Å². The average molecular weight is 369 g/mol. The van der Waals surface area contributed by atoms with Crippen LogP contribution in [0, 0.1) is 22.7 Å². The van der Waals surface area contributed by atoms with Gasteiger partial charge in [-0.15, -0.1) is 0 Å². The molecule has 0 heterocycles. The molecular weight excluding hydrogens is 335 g/mol. The Morgan fingerprint density at radius 3 is 1.09 bits per heavy atom. The average Bonchev–Trinajstić information content (AvgIpc) is 2.07. The second kappa shape index (κ2) is 11.9. The van der Waals surface area contributed by atoms with Crippen molar-refractivity contribution in [3.05, 3.63) is 0 Å². The minimum Gasteiger partial charge on any atom is -0.550 e. The number of rotatable bonds is 6. The molecule has 0 aromatic heterocycles. The Labute approximate surface area is 152 Å². The predicted octanol–water partition coefficient (Wildman–Crippen LogP) is 2.39. The molecule has 0 saturated carbocycles. The third-order valence-electron chi connectivity index (χ3n) is 2.95. The Bertz CT molecular complexity index is 306. The molecule has 0 aliphatic heterocycles. The first-order valence-electron chi connectivity index (χ1n) is 8.02. The van der Waals surface area contributed by atoms with E-state index in [9.17, 15) is 19.8 Å². The topological polar surface area (TPSA) is 80.3 Å². The Balaban J connectivity index is -0.000000333. The van der Waals surface area contributed by atoms with Gasteiger partial charge in [0, 0.05) is 11.9 Å². The maximum atomic E-state index is 10.2. The van der Waals surface area contributed by atoms with Gasteiger partial charge in [0.05, 0.1) is 0 Å². The molecule has 0 aliphatic rings. The van der Waals surface area contributed by atoms with Crippen LogP contribution in [0.25, 0.3) is 0 Å². The molecule has 0 aromatic carbocycles. The van der Waals surface area contributed by atoms with Gasteiger partial charge in [0.2, 0.25) is 0 Å². The summed E-state index contributed by atoms with van der Waals surface area (Å²) in [6.07, 6.45) is 2.22. The van der Waals surface area contributed by atoms with Gasteiger partial charge in [0.25, 0.3) is 0 Å². The first-order valence-corrected chi connectivity index (χ1v) is 8.02. The number of carbonyl (C=O) groups excluding carboxylic acids is 2. The van der Waals surface area contributed by atoms with Crippen molar-refractivity contribution in [2.24, 2.45) is 22.7 Å². The molecule has 2 atom stereocenters. The Hall–Kier alpha value is -0.541. The van der Waals surface area contributed by atoms with Crippen LogP contribution in [0.5, 0.6) is 0 Å². The molecule has 0 amide bonds. The molecule has 0 saturated heterocycles. The van der Waals surface area contributed by atoms with Gasteiger partial charge in [0.1, 0.15) is 0 Å². The quantitative estimate of drug-likeness (QED) is 0.674. The molecule has 0 aliphatic carbocycles. The van der Waals surface area contributed by atoms with Gasteiger partial charge in [-0.3, -0.25) is 0 Å². The normalized spacial score (nSPS) is 13.9. The van der Waals surface area contributed by atoms with Crippen LogP contribution in [-0.2, 0) is 26.7 Å². The number of hydrogen-bond donors (Lipinski definition) is 0. The number of aliphatic carboxylic acids is 2. The van der Waals surface area contributed by atoms with Gasteiger partial charge >= 0.3 is 17.1 Å². The molecule has 0 aromatic rings. The van der Waals surface area contributed by atoms with Crippen molar-refractivity contribution in [2.45, 2.75) is 81.1 Å². The molecule has 1 radical (unpaired) electrons. The largest absolute Gasteiger partial charge is 2.00 e. The van der Waals surface area contributed by atoms with Gasteiger partial charge in [-0.1, -0.05) is 55.4 Å². The summed E-state index contributed by atoms with van der Waals surface area (Å²) in [7, 11) is 0. The fourth-order valence-corrected chi connectivity index (χ4v) is 2.80. The molecule has 0 N–H and O–H groups in total. The van der Waals surface area contributed by atoms with E-state index in [1.54, 1.807) is 0 Å². The Kier molecular flexibility index (Phi) is 14.1. The van der Waals surface area contributed by atoms with Gasteiger partial charge < -0.3 is 19.8 Å². The number of carboxylic acids is 2. The third kappa shape index (κ3) is 26.7. The second-order valence-corrected chi connectivity index (χ2v) is 8.89. The number of carboxylic acid groups (broad SMARTS) is 2. The van der Waals surface area contributed by atoms with Crippen LogP contribution in [-0.4, -0.2) is 11.9 Å². The maximum Gasteiger partial charge on any atom is 2.00 e. The van der Waals surface area contributed by atoms with Crippen molar-refractivity contribution in [3.8, 4) is 0 Å². The van der Waals surface area contributed by atoms with E-state index < -0.39 is 11.9 Å². The van der Waals surface area contributed by atoms with Gasteiger partial charge in [0.15, 0.2) is 0 Å². The van der Waals surface area contributed by atoms with E-state index in [1.807, 2.05) is 13.8 Å². The predicted molar refractivity (Wildman–Crippen MR) is 85.7 cm³/mol. The van der Waals surface area contributed by atoms with Crippen molar-refractivity contribution in [2.75, 3.05) is 0 Å². The summed E-state index contributed by atoms with van der Waals surface area (Å²) in [5.41, 5.74) is 0.434. The van der Waals surface area contributed by atoms with E-state index in [-0.39, 0.29) is 52.6 Å². The number of carbonyl (C=O) groups is 2. The summed E-state index contributed by atoms with van der Waals surface area (Å²) >= 11 is 0.